The summed E-state index contributed by atoms with van der Waals surface area (Å²) in [5, 5.41) is 3.15. The predicted molar refractivity (Wildman–Crippen MR) is 98.3 cm³/mol. The predicted octanol–water partition coefficient (Wildman–Crippen LogP) is 2.42. The topological polar surface area (TPSA) is 52.7 Å². The molecule has 1 heterocycles. The van der Waals surface area contributed by atoms with Gasteiger partial charge >= 0.3 is 0 Å². The maximum absolute atomic E-state index is 13.3. The number of hydrogen-bond acceptors (Lipinski definition) is 3. The lowest BCUT2D eigenvalue weighted by Crippen LogP contribution is -2.52. The molecule has 1 aliphatic heterocycles. The van der Waals surface area contributed by atoms with Crippen LogP contribution in [0.2, 0.25) is 0 Å². The summed E-state index contributed by atoms with van der Waals surface area (Å²) in [5.41, 5.74) is 0.145. The number of carbonyl (C=O) groups excluding carboxylic acids is 2. The molecule has 1 N–H and O–H groups in total. The second-order valence-corrected chi connectivity index (χ2v) is 7.63. The van der Waals surface area contributed by atoms with Gasteiger partial charge in [-0.2, -0.15) is 0 Å². The van der Waals surface area contributed by atoms with Crippen molar-refractivity contribution < 1.29 is 18.4 Å². The molecule has 2 amide bonds. The lowest BCUT2D eigenvalue weighted by Gasteiger charge is -2.35. The molecule has 0 radical (unpaired) electrons. The Kier molecular flexibility index (Phi) is 6.42. The van der Waals surface area contributed by atoms with Gasteiger partial charge in [-0.05, 0) is 37.0 Å². The molecular formula is C20H27F2N3O2. The second kappa shape index (κ2) is 8.78. The first-order valence-corrected chi connectivity index (χ1v) is 9.70. The van der Waals surface area contributed by atoms with Gasteiger partial charge in [-0.3, -0.25) is 14.5 Å². The van der Waals surface area contributed by atoms with Crippen LogP contribution in [0.3, 0.4) is 0 Å². The van der Waals surface area contributed by atoms with E-state index in [4.69, 9.17) is 0 Å². The summed E-state index contributed by atoms with van der Waals surface area (Å²) in [4.78, 5) is 28.4. The van der Waals surface area contributed by atoms with Crippen LogP contribution in [0.25, 0.3) is 0 Å². The number of amides is 2. The Morgan fingerprint density at radius 1 is 1.07 bits per heavy atom. The number of nitrogens with one attached hydrogen (secondary N) is 1. The number of benzene rings is 1. The van der Waals surface area contributed by atoms with Crippen LogP contribution < -0.4 is 5.32 Å². The maximum Gasteiger partial charge on any atom is 0.254 e. The van der Waals surface area contributed by atoms with Crippen molar-refractivity contribution in [3.05, 3.63) is 35.4 Å². The van der Waals surface area contributed by atoms with Crippen LogP contribution in [0, 0.1) is 17.6 Å². The Morgan fingerprint density at radius 3 is 2.44 bits per heavy atom. The summed E-state index contributed by atoms with van der Waals surface area (Å²) >= 11 is 0. The van der Waals surface area contributed by atoms with Crippen molar-refractivity contribution in [1.82, 2.24) is 15.1 Å². The fraction of sp³-hybridized carbons (Fsp3) is 0.600. The van der Waals surface area contributed by atoms with Gasteiger partial charge in [0.2, 0.25) is 5.91 Å². The van der Waals surface area contributed by atoms with Crippen LogP contribution in [-0.2, 0) is 4.79 Å². The molecule has 2 atom stereocenters. The summed E-state index contributed by atoms with van der Waals surface area (Å²) in [7, 11) is 0. The van der Waals surface area contributed by atoms with E-state index in [9.17, 15) is 18.4 Å². The number of nitrogens with zero attached hydrogens (tertiary/aromatic N) is 2. The Hall–Kier alpha value is -2.02. The van der Waals surface area contributed by atoms with Gasteiger partial charge in [-0.25, -0.2) is 8.78 Å². The highest BCUT2D eigenvalue weighted by Gasteiger charge is 2.26. The highest BCUT2D eigenvalue weighted by Crippen LogP contribution is 2.23. The first-order chi connectivity index (χ1) is 12.9. The van der Waals surface area contributed by atoms with Crippen LogP contribution in [0.1, 0.15) is 43.0 Å². The maximum atomic E-state index is 13.3. The first-order valence-electron chi connectivity index (χ1n) is 9.70. The molecule has 27 heavy (non-hydrogen) atoms. The molecule has 2 aliphatic rings. The number of carbonyl (C=O) groups is 2. The Morgan fingerprint density at radius 2 is 1.78 bits per heavy atom. The lowest BCUT2D eigenvalue weighted by atomic mass is 9.86. The number of hydrogen-bond donors (Lipinski definition) is 1. The Labute approximate surface area is 158 Å². The SMILES string of the molecule is CC1CCCCC1NC(=O)CN1CCN(C(=O)c2ccc(F)c(F)c2)CC1. The third kappa shape index (κ3) is 5.03. The molecule has 0 spiro atoms. The summed E-state index contributed by atoms with van der Waals surface area (Å²) in [5.74, 6) is -1.74. The van der Waals surface area contributed by atoms with Crippen molar-refractivity contribution in [3.63, 3.8) is 0 Å². The van der Waals surface area contributed by atoms with Crippen LogP contribution in [0.15, 0.2) is 18.2 Å². The molecule has 1 aromatic carbocycles. The Balaban J connectivity index is 1.46. The van der Waals surface area contributed by atoms with Crippen molar-refractivity contribution >= 4 is 11.8 Å². The molecule has 7 heteroatoms. The number of rotatable bonds is 4. The van der Waals surface area contributed by atoms with E-state index < -0.39 is 11.6 Å². The number of halogens is 2. The fourth-order valence-corrected chi connectivity index (χ4v) is 3.91. The van der Waals surface area contributed by atoms with E-state index >= 15 is 0 Å². The normalized spacial score (nSPS) is 23.9. The molecule has 0 bridgehead atoms. The first kappa shape index (κ1) is 19.7. The average Bonchev–Trinajstić information content (AvgIpc) is 2.66. The molecule has 3 rings (SSSR count). The fourth-order valence-electron chi connectivity index (χ4n) is 3.91. The van der Waals surface area contributed by atoms with Crippen LogP contribution >= 0.6 is 0 Å². The second-order valence-electron chi connectivity index (χ2n) is 7.63. The average molecular weight is 379 g/mol. The van der Waals surface area contributed by atoms with Crippen molar-refractivity contribution in [2.45, 2.75) is 38.6 Å². The van der Waals surface area contributed by atoms with Crippen molar-refractivity contribution in [1.29, 1.82) is 0 Å². The molecule has 1 saturated carbocycles. The molecule has 5 nitrogen and oxygen atoms in total. The van der Waals surface area contributed by atoms with Gasteiger partial charge in [0, 0.05) is 37.8 Å². The highest BCUT2D eigenvalue weighted by atomic mass is 19.2. The van der Waals surface area contributed by atoms with Crippen LogP contribution in [0.4, 0.5) is 8.78 Å². The molecule has 2 fully saturated rings. The molecule has 1 aromatic rings. The van der Waals surface area contributed by atoms with E-state index in [1.54, 1.807) is 4.90 Å². The minimum absolute atomic E-state index is 0.0362. The van der Waals surface area contributed by atoms with Gasteiger partial charge in [0.25, 0.3) is 5.91 Å². The van der Waals surface area contributed by atoms with Gasteiger partial charge in [-0.1, -0.05) is 19.8 Å². The molecule has 0 aromatic heterocycles. The van der Waals surface area contributed by atoms with Crippen molar-refractivity contribution in [2.24, 2.45) is 5.92 Å². The third-order valence-corrected chi connectivity index (χ3v) is 5.65. The summed E-state index contributed by atoms with van der Waals surface area (Å²) in [6.45, 7) is 4.62. The lowest BCUT2D eigenvalue weighted by molar-refractivity contribution is -0.123. The molecule has 1 aliphatic carbocycles. The van der Waals surface area contributed by atoms with Crippen molar-refractivity contribution in [2.75, 3.05) is 32.7 Å². The van der Waals surface area contributed by atoms with E-state index in [2.05, 4.69) is 12.2 Å². The van der Waals surface area contributed by atoms with E-state index in [1.165, 1.54) is 18.9 Å². The third-order valence-electron chi connectivity index (χ3n) is 5.65. The van der Waals surface area contributed by atoms with Gasteiger partial charge in [0.05, 0.1) is 6.54 Å². The largest absolute Gasteiger partial charge is 0.352 e. The van der Waals surface area contributed by atoms with Crippen LogP contribution in [-0.4, -0.2) is 60.4 Å². The van der Waals surface area contributed by atoms with Crippen molar-refractivity contribution in [3.8, 4) is 0 Å². The van der Waals surface area contributed by atoms with Gasteiger partial charge in [0.15, 0.2) is 11.6 Å². The van der Waals surface area contributed by atoms with E-state index in [1.807, 2.05) is 4.90 Å². The summed E-state index contributed by atoms with van der Waals surface area (Å²) in [6, 6.07) is 3.46. The minimum atomic E-state index is -1.02. The standard InChI is InChI=1S/C20H27F2N3O2/c1-14-4-2-3-5-18(14)23-19(26)13-24-8-10-25(11-9-24)20(27)15-6-7-16(21)17(22)12-15/h6-7,12,14,18H,2-5,8-11,13H2,1H3,(H,23,26). The smallest absolute Gasteiger partial charge is 0.254 e. The van der Waals surface area contributed by atoms with Crippen LogP contribution in [0.5, 0.6) is 0 Å². The highest BCUT2D eigenvalue weighted by molar-refractivity contribution is 5.94. The summed E-state index contributed by atoms with van der Waals surface area (Å²) in [6.07, 6.45) is 4.61. The minimum Gasteiger partial charge on any atom is -0.352 e. The van der Waals surface area contributed by atoms with Gasteiger partial charge in [-0.15, -0.1) is 0 Å². The van der Waals surface area contributed by atoms with Gasteiger partial charge < -0.3 is 10.2 Å². The summed E-state index contributed by atoms with van der Waals surface area (Å²) < 4.78 is 26.4. The zero-order chi connectivity index (χ0) is 19.4. The zero-order valence-corrected chi connectivity index (χ0v) is 15.7. The molecule has 148 valence electrons. The quantitative estimate of drug-likeness (QED) is 0.874. The van der Waals surface area contributed by atoms with E-state index in [0.717, 1.165) is 25.0 Å². The Bertz CT molecular complexity index is 690. The zero-order valence-electron chi connectivity index (χ0n) is 15.7. The number of piperazine rings is 1. The van der Waals surface area contributed by atoms with E-state index in [-0.39, 0.29) is 23.4 Å². The van der Waals surface area contributed by atoms with E-state index in [0.29, 0.717) is 38.6 Å². The molecular weight excluding hydrogens is 352 g/mol. The van der Waals surface area contributed by atoms with Gasteiger partial charge in [0.1, 0.15) is 0 Å². The monoisotopic (exact) mass is 379 g/mol. The molecule has 1 saturated heterocycles. The molecule has 2 unspecified atom stereocenters.